The molecule has 0 fully saturated rings. The summed E-state index contributed by atoms with van der Waals surface area (Å²) in [5, 5.41) is 3.99. The highest BCUT2D eigenvalue weighted by molar-refractivity contribution is 9.09. The number of carbonyl (C=O) groups excluding carboxylic acids is 1. The maximum Gasteiger partial charge on any atom is 0.254 e. The lowest BCUT2D eigenvalue weighted by Crippen LogP contribution is -2.29. The molecule has 1 aromatic rings. The number of hydrogen-bond donors (Lipinski definition) is 1. The van der Waals surface area contributed by atoms with Gasteiger partial charge in [0.25, 0.3) is 5.91 Å². The van der Waals surface area contributed by atoms with Crippen LogP contribution in [0.1, 0.15) is 48.1 Å². The van der Waals surface area contributed by atoms with Gasteiger partial charge in [-0.05, 0) is 38.7 Å². The van der Waals surface area contributed by atoms with Crippen molar-refractivity contribution in [1.82, 2.24) is 5.32 Å². The predicted octanol–water partition coefficient (Wildman–Crippen LogP) is 3.83. The smallest absolute Gasteiger partial charge is 0.254 e. The van der Waals surface area contributed by atoms with Gasteiger partial charge in [-0.2, -0.15) is 0 Å². The van der Waals surface area contributed by atoms with E-state index in [-0.39, 0.29) is 5.91 Å². The van der Waals surface area contributed by atoms with E-state index in [4.69, 9.17) is 4.42 Å². The molecule has 0 aliphatic carbocycles. The summed E-state index contributed by atoms with van der Waals surface area (Å²) in [6.07, 6.45) is 3.39. The highest BCUT2D eigenvalue weighted by Crippen LogP contribution is 2.15. The van der Waals surface area contributed by atoms with Gasteiger partial charge in [0.2, 0.25) is 0 Å². The number of hydrogen-bond acceptors (Lipinski definition) is 2. The quantitative estimate of drug-likeness (QED) is 0.777. The standard InChI is InChI=1S/C14H22BrNO2/c1-4-5-12(6-7-15)9-16-14(17)13-8-10(2)18-11(13)3/h8,12H,4-7,9H2,1-3H3,(H,16,17). The molecule has 1 aromatic heterocycles. The van der Waals surface area contributed by atoms with Gasteiger partial charge in [0.15, 0.2) is 0 Å². The highest BCUT2D eigenvalue weighted by atomic mass is 79.9. The van der Waals surface area contributed by atoms with Crippen molar-refractivity contribution < 1.29 is 9.21 Å². The van der Waals surface area contributed by atoms with E-state index in [0.717, 1.165) is 36.9 Å². The molecule has 1 unspecified atom stereocenters. The van der Waals surface area contributed by atoms with Crippen molar-refractivity contribution in [3.8, 4) is 0 Å². The molecule has 0 radical (unpaired) electrons. The predicted molar refractivity (Wildman–Crippen MR) is 77.3 cm³/mol. The molecule has 1 atom stereocenters. The van der Waals surface area contributed by atoms with E-state index < -0.39 is 0 Å². The first-order valence-corrected chi connectivity index (χ1v) is 7.61. The van der Waals surface area contributed by atoms with E-state index in [1.807, 2.05) is 13.8 Å². The first kappa shape index (κ1) is 15.3. The zero-order valence-electron chi connectivity index (χ0n) is 11.4. The van der Waals surface area contributed by atoms with E-state index in [9.17, 15) is 4.79 Å². The van der Waals surface area contributed by atoms with Crippen molar-refractivity contribution in [1.29, 1.82) is 0 Å². The number of aryl methyl sites for hydroxylation is 2. The zero-order valence-corrected chi connectivity index (χ0v) is 13.0. The summed E-state index contributed by atoms with van der Waals surface area (Å²) in [6, 6.07) is 1.80. The Bertz CT molecular complexity index is 381. The summed E-state index contributed by atoms with van der Waals surface area (Å²) in [4.78, 5) is 12.0. The van der Waals surface area contributed by atoms with Crippen molar-refractivity contribution in [2.24, 2.45) is 5.92 Å². The Labute approximate surface area is 117 Å². The first-order valence-electron chi connectivity index (χ1n) is 6.49. The molecule has 0 saturated heterocycles. The molecule has 18 heavy (non-hydrogen) atoms. The average molecular weight is 316 g/mol. The SMILES string of the molecule is CCCC(CCBr)CNC(=O)c1cc(C)oc1C. The second kappa shape index (κ2) is 7.62. The number of halogens is 1. The maximum absolute atomic E-state index is 12.0. The van der Waals surface area contributed by atoms with E-state index in [0.29, 0.717) is 17.2 Å². The van der Waals surface area contributed by atoms with Crippen LogP contribution in [0.2, 0.25) is 0 Å². The van der Waals surface area contributed by atoms with Gasteiger partial charge in [-0.3, -0.25) is 4.79 Å². The minimum Gasteiger partial charge on any atom is -0.466 e. The molecular formula is C14H22BrNO2. The van der Waals surface area contributed by atoms with Gasteiger partial charge in [-0.15, -0.1) is 0 Å². The minimum atomic E-state index is -0.0278. The fraction of sp³-hybridized carbons (Fsp3) is 0.643. The topological polar surface area (TPSA) is 42.2 Å². The van der Waals surface area contributed by atoms with Crippen LogP contribution in [0.5, 0.6) is 0 Å². The van der Waals surface area contributed by atoms with Gasteiger partial charge >= 0.3 is 0 Å². The monoisotopic (exact) mass is 315 g/mol. The first-order chi connectivity index (χ1) is 8.58. The van der Waals surface area contributed by atoms with Crippen LogP contribution < -0.4 is 5.32 Å². The fourth-order valence-corrected chi connectivity index (χ4v) is 2.75. The largest absolute Gasteiger partial charge is 0.466 e. The lowest BCUT2D eigenvalue weighted by atomic mass is 10.0. The van der Waals surface area contributed by atoms with Crippen LogP contribution in [-0.4, -0.2) is 17.8 Å². The van der Waals surface area contributed by atoms with E-state index in [1.165, 1.54) is 0 Å². The molecule has 3 nitrogen and oxygen atoms in total. The molecule has 0 bridgehead atoms. The molecule has 1 rings (SSSR count). The Balaban J connectivity index is 2.51. The molecule has 1 N–H and O–H groups in total. The molecule has 0 saturated carbocycles. The Morgan fingerprint density at radius 1 is 1.44 bits per heavy atom. The number of carbonyl (C=O) groups is 1. The fourth-order valence-electron chi connectivity index (χ4n) is 2.10. The van der Waals surface area contributed by atoms with Crippen molar-refractivity contribution in [3.05, 3.63) is 23.2 Å². The van der Waals surface area contributed by atoms with Crippen LogP contribution in [-0.2, 0) is 0 Å². The molecule has 4 heteroatoms. The summed E-state index contributed by atoms with van der Waals surface area (Å²) >= 11 is 3.46. The zero-order chi connectivity index (χ0) is 13.5. The maximum atomic E-state index is 12.0. The Morgan fingerprint density at radius 3 is 2.67 bits per heavy atom. The van der Waals surface area contributed by atoms with Crippen LogP contribution in [0.15, 0.2) is 10.5 Å². The summed E-state index contributed by atoms with van der Waals surface area (Å²) in [6.45, 7) is 6.59. The molecule has 0 aliphatic heterocycles. The van der Waals surface area contributed by atoms with Crippen LogP contribution in [0.4, 0.5) is 0 Å². The second-order valence-corrected chi connectivity index (χ2v) is 5.46. The minimum absolute atomic E-state index is 0.0278. The molecule has 1 amide bonds. The molecular weight excluding hydrogens is 294 g/mol. The van der Waals surface area contributed by atoms with Crippen LogP contribution in [0, 0.1) is 19.8 Å². The summed E-state index contributed by atoms with van der Waals surface area (Å²) in [7, 11) is 0. The van der Waals surface area contributed by atoms with Crippen molar-refractivity contribution in [2.45, 2.75) is 40.0 Å². The van der Waals surface area contributed by atoms with Gasteiger partial charge < -0.3 is 9.73 Å². The van der Waals surface area contributed by atoms with E-state index in [1.54, 1.807) is 6.07 Å². The Kier molecular flexibility index (Phi) is 6.47. The summed E-state index contributed by atoms with van der Waals surface area (Å²) in [5.41, 5.74) is 0.654. The number of nitrogens with one attached hydrogen (secondary N) is 1. The van der Waals surface area contributed by atoms with Crippen molar-refractivity contribution >= 4 is 21.8 Å². The average Bonchev–Trinajstić information content (AvgIpc) is 2.65. The molecule has 0 spiro atoms. The third-order valence-electron chi connectivity index (χ3n) is 3.05. The Morgan fingerprint density at radius 2 is 2.17 bits per heavy atom. The van der Waals surface area contributed by atoms with Crippen LogP contribution in [0.3, 0.4) is 0 Å². The molecule has 102 valence electrons. The van der Waals surface area contributed by atoms with Gasteiger partial charge in [0.05, 0.1) is 5.56 Å². The number of amides is 1. The van der Waals surface area contributed by atoms with Gasteiger partial charge in [0.1, 0.15) is 11.5 Å². The summed E-state index contributed by atoms with van der Waals surface area (Å²) < 4.78 is 5.37. The van der Waals surface area contributed by atoms with Gasteiger partial charge in [-0.25, -0.2) is 0 Å². The second-order valence-electron chi connectivity index (χ2n) is 4.67. The number of rotatable bonds is 7. The van der Waals surface area contributed by atoms with Crippen LogP contribution in [0.25, 0.3) is 0 Å². The van der Waals surface area contributed by atoms with Crippen molar-refractivity contribution in [2.75, 3.05) is 11.9 Å². The van der Waals surface area contributed by atoms with E-state index in [2.05, 4.69) is 28.2 Å². The van der Waals surface area contributed by atoms with Crippen molar-refractivity contribution in [3.63, 3.8) is 0 Å². The highest BCUT2D eigenvalue weighted by Gasteiger charge is 2.15. The molecule has 0 aliphatic rings. The number of furan rings is 1. The normalized spacial score (nSPS) is 12.4. The van der Waals surface area contributed by atoms with Crippen LogP contribution >= 0.6 is 15.9 Å². The third kappa shape index (κ3) is 4.48. The Hall–Kier alpha value is -0.770. The van der Waals surface area contributed by atoms with Gasteiger partial charge in [0, 0.05) is 11.9 Å². The van der Waals surface area contributed by atoms with Gasteiger partial charge in [-0.1, -0.05) is 29.3 Å². The molecule has 1 heterocycles. The number of alkyl halides is 1. The lowest BCUT2D eigenvalue weighted by molar-refractivity contribution is 0.0944. The van der Waals surface area contributed by atoms with E-state index >= 15 is 0 Å². The lowest BCUT2D eigenvalue weighted by Gasteiger charge is -2.15. The summed E-state index contributed by atoms with van der Waals surface area (Å²) in [5.74, 6) is 1.99. The molecule has 0 aromatic carbocycles. The third-order valence-corrected chi connectivity index (χ3v) is 3.51.